The molecule has 1 fully saturated rings. The van der Waals surface area contributed by atoms with E-state index in [1.807, 2.05) is 25.1 Å². The van der Waals surface area contributed by atoms with Crippen LogP contribution in [-0.4, -0.2) is 32.7 Å². The molecule has 4 heterocycles. The molecule has 1 spiro atoms. The third-order valence-electron chi connectivity index (χ3n) is 7.53. The average molecular weight is 454 g/mol. The number of nitrogens with two attached hydrogens (primary N) is 1. The maximum Gasteiger partial charge on any atom is 0.155 e. The maximum atomic E-state index is 14.6. The minimum absolute atomic E-state index is 0.0569. The van der Waals surface area contributed by atoms with Gasteiger partial charge in [-0.15, -0.1) is 0 Å². The van der Waals surface area contributed by atoms with E-state index in [1.54, 1.807) is 29.0 Å². The van der Waals surface area contributed by atoms with Gasteiger partial charge in [-0.1, -0.05) is 12.1 Å². The fourth-order valence-corrected chi connectivity index (χ4v) is 5.68. The second-order valence-electron chi connectivity index (χ2n) is 9.35. The number of pyridine rings is 1. The standard InChI is InChI=1S/C26H24FN7/c1-16-23(18-4-2-3-5-20(18)27)34-22(6-9-31-34)25(32-16)33-10-7-26(8-11-33)13-21-19(24(26)29)12-17(14-28)15-30-21/h2-6,9,12,15,24H,7-8,10-11,13,29H2,1H3/t24-/m1/s1. The van der Waals surface area contributed by atoms with Gasteiger partial charge in [0.1, 0.15) is 17.4 Å². The van der Waals surface area contributed by atoms with Crippen LogP contribution < -0.4 is 10.6 Å². The van der Waals surface area contributed by atoms with Crippen molar-refractivity contribution < 1.29 is 4.39 Å². The fourth-order valence-electron chi connectivity index (χ4n) is 5.68. The van der Waals surface area contributed by atoms with Gasteiger partial charge in [0.05, 0.1) is 23.1 Å². The number of hydrogen-bond donors (Lipinski definition) is 1. The van der Waals surface area contributed by atoms with E-state index in [2.05, 4.69) is 21.1 Å². The molecule has 1 atom stereocenters. The molecule has 1 saturated heterocycles. The third kappa shape index (κ3) is 3.01. The molecule has 0 saturated carbocycles. The summed E-state index contributed by atoms with van der Waals surface area (Å²) in [5.74, 6) is 0.568. The number of anilines is 1. The second-order valence-corrected chi connectivity index (χ2v) is 9.35. The average Bonchev–Trinajstić information content (AvgIpc) is 3.43. The predicted octanol–water partition coefficient (Wildman–Crippen LogP) is 3.95. The van der Waals surface area contributed by atoms with Crippen LogP contribution in [0.25, 0.3) is 16.8 Å². The Labute approximate surface area is 196 Å². The van der Waals surface area contributed by atoms with Gasteiger partial charge in [0.15, 0.2) is 5.82 Å². The zero-order valence-corrected chi connectivity index (χ0v) is 18.9. The Balaban J connectivity index is 1.32. The lowest BCUT2D eigenvalue weighted by Crippen LogP contribution is -2.44. The largest absolute Gasteiger partial charge is 0.355 e. The minimum Gasteiger partial charge on any atom is -0.355 e. The summed E-state index contributed by atoms with van der Waals surface area (Å²) in [6.07, 6.45) is 6.02. The summed E-state index contributed by atoms with van der Waals surface area (Å²) < 4.78 is 16.4. The summed E-state index contributed by atoms with van der Waals surface area (Å²) in [5, 5.41) is 13.8. The molecule has 4 aromatic rings. The summed E-state index contributed by atoms with van der Waals surface area (Å²) in [7, 11) is 0. The highest BCUT2D eigenvalue weighted by molar-refractivity contribution is 5.75. The van der Waals surface area contributed by atoms with E-state index >= 15 is 0 Å². The van der Waals surface area contributed by atoms with Crippen molar-refractivity contribution in [2.75, 3.05) is 18.0 Å². The zero-order chi connectivity index (χ0) is 23.4. The highest BCUT2D eigenvalue weighted by Gasteiger charge is 2.47. The topological polar surface area (TPSA) is 96.1 Å². The van der Waals surface area contributed by atoms with Gasteiger partial charge in [0.2, 0.25) is 0 Å². The van der Waals surface area contributed by atoms with Gasteiger partial charge in [-0.05, 0) is 61.4 Å². The number of rotatable bonds is 2. The molecule has 6 rings (SSSR count). The SMILES string of the molecule is Cc1nc(N2CCC3(CC2)Cc2ncc(C#N)cc2[C@H]3N)c2ccnn2c1-c1ccccc1F. The van der Waals surface area contributed by atoms with Crippen molar-refractivity contribution >= 4 is 11.3 Å². The Morgan fingerprint density at radius 2 is 2.00 bits per heavy atom. The molecule has 2 aliphatic rings. The molecular formula is C26H24FN7. The lowest BCUT2D eigenvalue weighted by atomic mass is 9.73. The van der Waals surface area contributed by atoms with Crippen molar-refractivity contribution in [2.24, 2.45) is 11.1 Å². The summed E-state index contributed by atoms with van der Waals surface area (Å²) >= 11 is 0. The number of benzene rings is 1. The van der Waals surface area contributed by atoms with Gasteiger partial charge in [0.25, 0.3) is 0 Å². The molecule has 0 radical (unpaired) electrons. The van der Waals surface area contributed by atoms with Crippen molar-refractivity contribution in [2.45, 2.75) is 32.2 Å². The Morgan fingerprint density at radius 1 is 1.21 bits per heavy atom. The fraction of sp³-hybridized carbons (Fsp3) is 0.308. The Kier molecular flexibility index (Phi) is 4.64. The van der Waals surface area contributed by atoms with Crippen LogP contribution in [0, 0.1) is 29.5 Å². The number of piperidine rings is 1. The molecule has 1 aliphatic heterocycles. The summed E-state index contributed by atoms with van der Waals surface area (Å²) in [6.45, 7) is 3.51. The third-order valence-corrected chi connectivity index (χ3v) is 7.53. The molecule has 170 valence electrons. The summed E-state index contributed by atoms with van der Waals surface area (Å²) in [5.41, 5.74) is 12.0. The van der Waals surface area contributed by atoms with Crippen molar-refractivity contribution in [3.63, 3.8) is 0 Å². The Hall–Kier alpha value is -3.83. The predicted molar refractivity (Wildman–Crippen MR) is 127 cm³/mol. The van der Waals surface area contributed by atoms with E-state index in [1.165, 1.54) is 6.07 Å². The Morgan fingerprint density at radius 3 is 2.76 bits per heavy atom. The number of nitriles is 1. The molecule has 3 aromatic heterocycles. The molecule has 1 aliphatic carbocycles. The monoisotopic (exact) mass is 453 g/mol. The van der Waals surface area contributed by atoms with Crippen molar-refractivity contribution in [1.29, 1.82) is 5.26 Å². The van der Waals surface area contributed by atoms with Crippen LogP contribution in [0.5, 0.6) is 0 Å². The van der Waals surface area contributed by atoms with Gasteiger partial charge in [-0.2, -0.15) is 10.4 Å². The van der Waals surface area contributed by atoms with Gasteiger partial charge >= 0.3 is 0 Å². The van der Waals surface area contributed by atoms with E-state index in [0.717, 1.165) is 60.6 Å². The van der Waals surface area contributed by atoms with E-state index in [9.17, 15) is 9.65 Å². The van der Waals surface area contributed by atoms with E-state index in [0.29, 0.717) is 16.8 Å². The minimum atomic E-state index is -0.292. The van der Waals surface area contributed by atoms with Crippen molar-refractivity contribution in [1.82, 2.24) is 19.6 Å². The smallest absolute Gasteiger partial charge is 0.155 e. The van der Waals surface area contributed by atoms with E-state index in [4.69, 9.17) is 10.7 Å². The summed E-state index contributed by atoms with van der Waals surface area (Å²) in [4.78, 5) is 11.7. The lowest BCUT2D eigenvalue weighted by molar-refractivity contribution is 0.187. The molecule has 0 bridgehead atoms. The number of halogens is 1. The van der Waals surface area contributed by atoms with E-state index in [-0.39, 0.29) is 17.3 Å². The Bertz CT molecular complexity index is 1460. The molecule has 0 unspecified atom stereocenters. The van der Waals surface area contributed by atoms with Crippen molar-refractivity contribution in [3.8, 4) is 17.3 Å². The van der Waals surface area contributed by atoms with Gasteiger partial charge < -0.3 is 10.6 Å². The normalized spacial score (nSPS) is 18.9. The summed E-state index contributed by atoms with van der Waals surface area (Å²) in [6, 6.07) is 12.6. The molecule has 2 N–H and O–H groups in total. The molecule has 1 aromatic carbocycles. The lowest BCUT2D eigenvalue weighted by Gasteiger charge is -2.42. The van der Waals surface area contributed by atoms with Gasteiger partial charge in [-0.25, -0.2) is 13.9 Å². The van der Waals surface area contributed by atoms with Crippen LogP contribution in [0.1, 0.15) is 41.4 Å². The molecule has 34 heavy (non-hydrogen) atoms. The van der Waals surface area contributed by atoms with Crippen LogP contribution in [0.2, 0.25) is 0 Å². The molecule has 8 heteroatoms. The van der Waals surface area contributed by atoms with Crippen LogP contribution in [0.4, 0.5) is 10.2 Å². The van der Waals surface area contributed by atoms with Crippen LogP contribution in [0.3, 0.4) is 0 Å². The maximum absolute atomic E-state index is 14.6. The number of hydrogen-bond acceptors (Lipinski definition) is 6. The first-order valence-electron chi connectivity index (χ1n) is 11.5. The first-order valence-corrected chi connectivity index (χ1v) is 11.5. The number of aromatic nitrogens is 4. The van der Waals surface area contributed by atoms with Crippen LogP contribution in [-0.2, 0) is 6.42 Å². The van der Waals surface area contributed by atoms with E-state index < -0.39 is 0 Å². The highest BCUT2D eigenvalue weighted by Crippen LogP contribution is 2.50. The van der Waals surface area contributed by atoms with Gasteiger partial charge in [0, 0.05) is 36.6 Å². The molecular weight excluding hydrogens is 429 g/mol. The molecule has 7 nitrogen and oxygen atoms in total. The second kappa shape index (κ2) is 7.61. The highest BCUT2D eigenvalue weighted by atomic mass is 19.1. The van der Waals surface area contributed by atoms with Crippen molar-refractivity contribution in [3.05, 3.63) is 77.1 Å². The first-order chi connectivity index (χ1) is 16.5. The quantitative estimate of drug-likeness (QED) is 0.494. The van der Waals surface area contributed by atoms with Crippen LogP contribution >= 0.6 is 0 Å². The van der Waals surface area contributed by atoms with Gasteiger partial charge in [-0.3, -0.25) is 4.98 Å². The zero-order valence-electron chi connectivity index (χ0n) is 18.9. The number of nitrogens with zero attached hydrogens (tertiary/aromatic N) is 6. The molecule has 0 amide bonds. The van der Waals surface area contributed by atoms with Crippen LogP contribution in [0.15, 0.2) is 48.8 Å². The first kappa shape index (κ1) is 20.8. The number of fused-ring (bicyclic) bond motifs is 2. The number of aryl methyl sites for hydroxylation is 1.